The molecule has 2 aliphatic heterocycles. The molecule has 0 spiro atoms. The van der Waals surface area contributed by atoms with E-state index in [9.17, 15) is 24.0 Å². The molecule has 208 valence electrons. The summed E-state index contributed by atoms with van der Waals surface area (Å²) in [6.45, 7) is 6.13. The first-order chi connectivity index (χ1) is 18.0. The number of hydrogen-bond acceptors (Lipinski definition) is 12. The summed E-state index contributed by atoms with van der Waals surface area (Å²) in [5.74, 6) is -2.76. The van der Waals surface area contributed by atoms with E-state index in [2.05, 4.69) is 0 Å². The highest BCUT2D eigenvalue weighted by Gasteiger charge is 2.53. The van der Waals surface area contributed by atoms with Crippen LogP contribution in [0, 0.1) is 0 Å². The third-order valence-electron chi connectivity index (χ3n) is 5.60. The Morgan fingerprint density at radius 2 is 1.34 bits per heavy atom. The Morgan fingerprint density at radius 1 is 0.789 bits per heavy atom. The van der Waals surface area contributed by atoms with Gasteiger partial charge in [0, 0.05) is 46.3 Å². The number of benzene rings is 1. The smallest absolute Gasteiger partial charge is 0.303 e. The number of amides is 1. The molecule has 1 aromatic carbocycles. The largest absolute Gasteiger partial charge is 0.463 e. The van der Waals surface area contributed by atoms with Gasteiger partial charge in [0.05, 0.1) is 13.2 Å². The van der Waals surface area contributed by atoms with Crippen molar-refractivity contribution in [2.24, 2.45) is 0 Å². The molecule has 0 unspecified atom stereocenters. The third kappa shape index (κ3) is 7.89. The van der Waals surface area contributed by atoms with E-state index in [1.807, 2.05) is 0 Å². The standard InChI is InChI=1S/C25H31NO12/c1-14(27)33-13-20-21(34-15(2)28)22(35-16(3)29)23(36-17(4)30)25(38-20)37-19-7-5-18(6-8-19)24(31)26-9-11-32-12-10-26/h5-8,20-23,25H,9-13H2,1-4H3/t20-,21-,22+,23-,25-/m0/s1. The first-order valence-corrected chi connectivity index (χ1v) is 12.0. The molecule has 3 rings (SSSR count). The molecule has 0 saturated carbocycles. The minimum atomic E-state index is -1.36. The number of rotatable bonds is 8. The Labute approximate surface area is 219 Å². The van der Waals surface area contributed by atoms with Gasteiger partial charge in [0.25, 0.3) is 5.91 Å². The fourth-order valence-electron chi connectivity index (χ4n) is 4.04. The van der Waals surface area contributed by atoms with E-state index in [4.69, 9.17) is 33.2 Å². The van der Waals surface area contributed by atoms with Crippen LogP contribution in [0.15, 0.2) is 24.3 Å². The maximum absolute atomic E-state index is 12.7. The Balaban J connectivity index is 1.87. The van der Waals surface area contributed by atoms with Crippen molar-refractivity contribution in [3.05, 3.63) is 29.8 Å². The number of nitrogens with zero attached hydrogens (tertiary/aromatic N) is 1. The quantitative estimate of drug-likeness (QED) is 0.337. The molecule has 0 aromatic heterocycles. The molecule has 1 aromatic rings. The summed E-state index contributed by atoms with van der Waals surface area (Å²) < 4.78 is 38.3. The Hall–Kier alpha value is -3.71. The lowest BCUT2D eigenvalue weighted by Gasteiger charge is -2.43. The van der Waals surface area contributed by atoms with Gasteiger partial charge in [0.2, 0.25) is 12.4 Å². The fourth-order valence-corrected chi connectivity index (χ4v) is 4.04. The summed E-state index contributed by atoms with van der Waals surface area (Å²) in [6.07, 6.45) is -6.48. The molecule has 0 radical (unpaired) electrons. The van der Waals surface area contributed by atoms with Crippen LogP contribution in [-0.4, -0.2) is 98.3 Å². The number of carbonyl (C=O) groups is 5. The average Bonchev–Trinajstić information content (AvgIpc) is 2.86. The van der Waals surface area contributed by atoms with Gasteiger partial charge in [-0.1, -0.05) is 0 Å². The van der Waals surface area contributed by atoms with Gasteiger partial charge in [0.1, 0.15) is 18.5 Å². The van der Waals surface area contributed by atoms with E-state index in [0.717, 1.165) is 20.8 Å². The average molecular weight is 538 g/mol. The number of morpholine rings is 1. The van der Waals surface area contributed by atoms with Crippen molar-refractivity contribution in [1.82, 2.24) is 4.90 Å². The summed E-state index contributed by atoms with van der Waals surface area (Å²) >= 11 is 0. The second-order valence-corrected chi connectivity index (χ2v) is 8.61. The lowest BCUT2D eigenvalue weighted by Crippen LogP contribution is -2.63. The van der Waals surface area contributed by atoms with Gasteiger partial charge >= 0.3 is 23.9 Å². The molecule has 13 nitrogen and oxygen atoms in total. The maximum Gasteiger partial charge on any atom is 0.303 e. The maximum atomic E-state index is 12.7. The van der Waals surface area contributed by atoms with Crippen molar-refractivity contribution in [2.75, 3.05) is 32.9 Å². The second-order valence-electron chi connectivity index (χ2n) is 8.61. The van der Waals surface area contributed by atoms with Gasteiger partial charge in [-0.3, -0.25) is 24.0 Å². The summed E-state index contributed by atoms with van der Waals surface area (Å²) in [5.41, 5.74) is 0.431. The van der Waals surface area contributed by atoms with Crippen LogP contribution in [0.5, 0.6) is 5.75 Å². The van der Waals surface area contributed by atoms with Gasteiger partial charge < -0.3 is 38.1 Å². The predicted octanol–water partition coefficient (Wildman–Crippen LogP) is 0.621. The number of carbonyl (C=O) groups excluding carboxylic acids is 5. The van der Waals surface area contributed by atoms with Crippen LogP contribution in [0.3, 0.4) is 0 Å². The lowest BCUT2D eigenvalue weighted by molar-refractivity contribution is -0.288. The summed E-state index contributed by atoms with van der Waals surface area (Å²) in [7, 11) is 0. The van der Waals surface area contributed by atoms with Gasteiger partial charge in [-0.15, -0.1) is 0 Å². The van der Waals surface area contributed by atoms with Crippen LogP contribution in [-0.2, 0) is 47.6 Å². The van der Waals surface area contributed by atoms with Gasteiger partial charge in [0.15, 0.2) is 12.2 Å². The molecule has 13 heteroatoms. The second kappa shape index (κ2) is 13.2. The highest BCUT2D eigenvalue weighted by Crippen LogP contribution is 2.31. The Morgan fingerprint density at radius 3 is 1.89 bits per heavy atom. The van der Waals surface area contributed by atoms with Crippen molar-refractivity contribution in [2.45, 2.75) is 58.4 Å². The molecular weight excluding hydrogens is 506 g/mol. The van der Waals surface area contributed by atoms with Crippen molar-refractivity contribution < 1.29 is 57.1 Å². The fraction of sp³-hybridized carbons (Fsp3) is 0.560. The van der Waals surface area contributed by atoms with Crippen molar-refractivity contribution in [3.8, 4) is 5.75 Å². The highest BCUT2D eigenvalue weighted by molar-refractivity contribution is 5.94. The molecule has 1 amide bonds. The highest BCUT2D eigenvalue weighted by atomic mass is 16.7. The number of hydrogen-bond donors (Lipinski definition) is 0. The zero-order valence-electron chi connectivity index (χ0n) is 21.6. The number of esters is 4. The molecule has 2 heterocycles. The van der Waals surface area contributed by atoms with E-state index >= 15 is 0 Å². The molecule has 5 atom stereocenters. The molecule has 38 heavy (non-hydrogen) atoms. The zero-order chi connectivity index (χ0) is 27.8. The molecule has 2 aliphatic rings. The van der Waals surface area contributed by atoms with Crippen molar-refractivity contribution in [1.29, 1.82) is 0 Å². The van der Waals surface area contributed by atoms with Crippen molar-refractivity contribution >= 4 is 29.8 Å². The van der Waals surface area contributed by atoms with E-state index < -0.39 is 54.6 Å². The van der Waals surface area contributed by atoms with Gasteiger partial charge in [-0.2, -0.15) is 0 Å². The van der Waals surface area contributed by atoms with Crippen LogP contribution in [0.2, 0.25) is 0 Å². The minimum Gasteiger partial charge on any atom is -0.463 e. The van der Waals surface area contributed by atoms with Crippen LogP contribution in [0.25, 0.3) is 0 Å². The van der Waals surface area contributed by atoms with Crippen LogP contribution < -0.4 is 4.74 Å². The van der Waals surface area contributed by atoms with Crippen molar-refractivity contribution in [3.63, 3.8) is 0 Å². The summed E-state index contributed by atoms with van der Waals surface area (Å²) in [5, 5.41) is 0. The lowest BCUT2D eigenvalue weighted by atomic mass is 9.98. The summed E-state index contributed by atoms with van der Waals surface area (Å²) in [6, 6.07) is 6.20. The van der Waals surface area contributed by atoms with E-state index in [1.54, 1.807) is 17.0 Å². The Kier molecular flexibility index (Phi) is 10.0. The van der Waals surface area contributed by atoms with Gasteiger partial charge in [-0.05, 0) is 24.3 Å². The SMILES string of the molecule is CC(=O)OC[C@@H]1O[C@H](Oc2ccc(C(=O)N3CCOCC3)cc2)[C@@H](OC(C)=O)[C@H](OC(C)=O)[C@H]1OC(C)=O. The monoisotopic (exact) mass is 537 g/mol. The predicted molar refractivity (Wildman–Crippen MR) is 126 cm³/mol. The Bertz CT molecular complexity index is 1020. The first kappa shape index (κ1) is 28.9. The zero-order valence-corrected chi connectivity index (χ0v) is 21.6. The van der Waals surface area contributed by atoms with E-state index in [-0.39, 0.29) is 18.3 Å². The molecular formula is C25H31NO12. The molecule has 2 saturated heterocycles. The molecule has 0 aliphatic carbocycles. The molecule has 2 fully saturated rings. The summed E-state index contributed by atoms with van der Waals surface area (Å²) in [4.78, 5) is 61.6. The van der Waals surface area contributed by atoms with Crippen LogP contribution >= 0.6 is 0 Å². The van der Waals surface area contributed by atoms with E-state index in [0.29, 0.717) is 31.9 Å². The molecule has 0 N–H and O–H groups in total. The minimum absolute atomic E-state index is 0.160. The third-order valence-corrected chi connectivity index (χ3v) is 5.60. The normalized spacial score (nSPS) is 25.1. The van der Waals surface area contributed by atoms with Crippen LogP contribution in [0.1, 0.15) is 38.1 Å². The topological polar surface area (TPSA) is 153 Å². The van der Waals surface area contributed by atoms with E-state index in [1.165, 1.54) is 19.1 Å². The molecule has 0 bridgehead atoms. The van der Waals surface area contributed by atoms with Crippen LogP contribution in [0.4, 0.5) is 0 Å². The number of ether oxygens (including phenoxy) is 7. The first-order valence-electron chi connectivity index (χ1n) is 12.0. The van der Waals surface area contributed by atoms with Gasteiger partial charge in [-0.25, -0.2) is 0 Å².